The van der Waals surface area contributed by atoms with E-state index in [2.05, 4.69) is 165 Å². The van der Waals surface area contributed by atoms with Gasteiger partial charge in [-0.3, -0.25) is 0 Å². The van der Waals surface area contributed by atoms with E-state index in [0.29, 0.717) is 5.56 Å². The fraction of sp³-hybridized carbons (Fsp3) is 0.0167. The highest BCUT2D eigenvalue weighted by atomic mass is 14.3. The molecule has 0 unspecified atom stereocenters. The second kappa shape index (κ2) is 10.2. The Kier molecular flexibility index (Phi) is 5.18. The van der Waals surface area contributed by atoms with Crippen molar-refractivity contribution in [2.24, 2.45) is 0 Å². The fourth-order valence-corrected chi connectivity index (χ4v) is 12.9. The molecule has 0 atom stereocenters. The molecule has 1 aliphatic carbocycles. The molecule has 0 fully saturated rings. The maximum absolute atomic E-state index is 9.81. The van der Waals surface area contributed by atoms with Crippen LogP contribution in [-0.2, 0) is 0 Å². The van der Waals surface area contributed by atoms with E-state index in [1.807, 2.05) is 6.07 Å². The summed E-state index contributed by atoms with van der Waals surface area (Å²) < 4.78 is 0. The molecular formula is C60H29N. The normalized spacial score (nSPS) is 13.0. The average molecular weight is 764 g/mol. The first kappa shape index (κ1) is 30.9. The first-order valence-corrected chi connectivity index (χ1v) is 21.3. The van der Waals surface area contributed by atoms with E-state index in [-0.39, 0.29) is 0 Å². The predicted molar refractivity (Wildman–Crippen MR) is 261 cm³/mol. The predicted octanol–water partition coefficient (Wildman–Crippen LogP) is 16.8. The Morgan fingerprint density at radius 1 is 0.295 bits per heavy atom. The van der Waals surface area contributed by atoms with E-state index in [1.54, 1.807) is 0 Å². The number of hydrogen-bond acceptors (Lipinski definition) is 1. The van der Waals surface area contributed by atoms with Gasteiger partial charge in [0.1, 0.15) is 0 Å². The largest absolute Gasteiger partial charge is 0.192 e. The van der Waals surface area contributed by atoms with Crippen LogP contribution in [0.25, 0.3) is 163 Å². The van der Waals surface area contributed by atoms with Gasteiger partial charge in [-0.05, 0) is 193 Å². The lowest BCUT2D eigenvalue weighted by Gasteiger charge is -2.16. The maximum atomic E-state index is 9.81. The number of rotatable bonds is 1. The zero-order chi connectivity index (χ0) is 39.6. The minimum absolute atomic E-state index is 0.701. The monoisotopic (exact) mass is 763 g/mol. The molecule has 15 aromatic rings. The van der Waals surface area contributed by atoms with Gasteiger partial charge in [-0.2, -0.15) is 5.26 Å². The number of hydrogen-bond donors (Lipinski definition) is 0. The van der Waals surface area contributed by atoms with Crippen molar-refractivity contribution in [3.63, 3.8) is 0 Å². The third kappa shape index (κ3) is 3.34. The maximum Gasteiger partial charge on any atom is 0.0991 e. The van der Waals surface area contributed by atoms with Crippen molar-refractivity contribution in [1.29, 1.82) is 5.26 Å². The van der Waals surface area contributed by atoms with Gasteiger partial charge in [-0.25, -0.2) is 0 Å². The third-order valence-electron chi connectivity index (χ3n) is 15.1. The van der Waals surface area contributed by atoms with E-state index in [0.717, 1.165) is 5.56 Å². The van der Waals surface area contributed by atoms with Gasteiger partial charge in [-0.1, -0.05) is 140 Å². The summed E-state index contributed by atoms with van der Waals surface area (Å²) in [6.45, 7) is 2.28. The summed E-state index contributed by atoms with van der Waals surface area (Å²) in [4.78, 5) is 0. The zero-order valence-electron chi connectivity index (χ0n) is 33.0. The summed E-state index contributed by atoms with van der Waals surface area (Å²) in [6, 6.07) is 62.1. The number of fused-ring (bicyclic) bond motifs is 16. The van der Waals surface area contributed by atoms with Crippen LogP contribution in [0.5, 0.6) is 0 Å². The van der Waals surface area contributed by atoms with Gasteiger partial charge in [-0.15, -0.1) is 0 Å². The van der Waals surface area contributed by atoms with Crippen molar-refractivity contribution in [3.8, 4) is 39.4 Å². The van der Waals surface area contributed by atoms with Gasteiger partial charge >= 0.3 is 0 Å². The first-order chi connectivity index (χ1) is 30.2. The van der Waals surface area contributed by atoms with E-state index >= 15 is 0 Å². The molecule has 15 aromatic carbocycles. The molecule has 0 N–H and O–H groups in total. The molecule has 1 heteroatoms. The molecule has 0 bridgehead atoms. The second-order valence-electron chi connectivity index (χ2n) is 17.7. The molecule has 0 saturated heterocycles. The van der Waals surface area contributed by atoms with Crippen LogP contribution in [0, 0.1) is 18.3 Å². The molecular weight excluding hydrogens is 735 g/mol. The zero-order valence-corrected chi connectivity index (χ0v) is 33.0. The second-order valence-corrected chi connectivity index (χ2v) is 17.7. The molecule has 1 nitrogen and oxygen atoms in total. The summed E-state index contributed by atoms with van der Waals surface area (Å²) in [7, 11) is 0. The Bertz CT molecular complexity index is 4550. The topological polar surface area (TPSA) is 23.8 Å². The highest BCUT2D eigenvalue weighted by molar-refractivity contribution is 6.54. The molecule has 0 aliphatic heterocycles. The molecule has 0 heterocycles. The lowest BCUT2D eigenvalue weighted by molar-refractivity contribution is 1.48. The van der Waals surface area contributed by atoms with Crippen molar-refractivity contribution in [3.05, 3.63) is 169 Å². The molecule has 16 rings (SSSR count). The van der Waals surface area contributed by atoms with Crippen molar-refractivity contribution in [1.82, 2.24) is 0 Å². The van der Waals surface area contributed by atoms with Crippen LogP contribution in [0.4, 0.5) is 0 Å². The first-order valence-electron chi connectivity index (χ1n) is 21.3. The van der Waals surface area contributed by atoms with Crippen molar-refractivity contribution in [2.45, 2.75) is 6.92 Å². The smallest absolute Gasteiger partial charge is 0.0991 e. The molecule has 0 spiro atoms. The average Bonchev–Trinajstić information content (AvgIpc) is 4.03. The van der Waals surface area contributed by atoms with Gasteiger partial charge in [0, 0.05) is 0 Å². The van der Waals surface area contributed by atoms with Crippen LogP contribution in [0.15, 0.2) is 158 Å². The van der Waals surface area contributed by atoms with Gasteiger partial charge in [0.15, 0.2) is 0 Å². The SMILES string of the molecule is Cc1ccccc1-c1c2cc3c4cccc5cccc(c54)c3c3c4ccccc4c(c4c5ccc6c7ccc8c9c(ccc(c%10ccc(c14)c5c%106)c97)-c1ccc(C#N)cc1-8)c23. The number of benzene rings is 12. The lowest BCUT2D eigenvalue weighted by atomic mass is 9.86. The molecule has 0 radical (unpaired) electrons. The minimum Gasteiger partial charge on any atom is -0.192 e. The van der Waals surface area contributed by atoms with Gasteiger partial charge in [0.05, 0.1) is 11.6 Å². The third-order valence-corrected chi connectivity index (χ3v) is 15.1. The molecule has 61 heavy (non-hydrogen) atoms. The van der Waals surface area contributed by atoms with E-state index in [1.165, 1.54) is 163 Å². The highest BCUT2D eigenvalue weighted by Crippen LogP contribution is 2.59. The molecule has 1 aliphatic rings. The Morgan fingerprint density at radius 3 is 1.51 bits per heavy atom. The van der Waals surface area contributed by atoms with Gasteiger partial charge < -0.3 is 0 Å². The van der Waals surface area contributed by atoms with Crippen LogP contribution in [0.1, 0.15) is 11.1 Å². The molecule has 0 aromatic heterocycles. The Labute approximate surface area is 348 Å². The Hall–Kier alpha value is -8.05. The van der Waals surface area contributed by atoms with Crippen LogP contribution in [-0.4, -0.2) is 0 Å². The molecule has 0 saturated carbocycles. The Balaban J connectivity index is 1.16. The number of aryl methyl sites for hydroxylation is 1. The number of nitrogens with zero attached hydrogens (tertiary/aromatic N) is 1. The summed E-state index contributed by atoms with van der Waals surface area (Å²) >= 11 is 0. The number of nitriles is 1. The molecule has 274 valence electrons. The van der Waals surface area contributed by atoms with Crippen molar-refractivity contribution < 1.29 is 0 Å². The quantitative estimate of drug-likeness (QED) is 0.121. The summed E-state index contributed by atoms with van der Waals surface area (Å²) in [5, 5.41) is 41.9. The van der Waals surface area contributed by atoms with E-state index < -0.39 is 0 Å². The Morgan fingerprint density at radius 2 is 0.770 bits per heavy atom. The minimum atomic E-state index is 0.701. The van der Waals surface area contributed by atoms with Crippen molar-refractivity contribution >= 4 is 129 Å². The van der Waals surface area contributed by atoms with Gasteiger partial charge in [0.25, 0.3) is 0 Å². The van der Waals surface area contributed by atoms with E-state index in [9.17, 15) is 5.26 Å². The van der Waals surface area contributed by atoms with E-state index in [4.69, 9.17) is 0 Å². The summed E-state index contributed by atoms with van der Waals surface area (Å²) in [6.07, 6.45) is 0. The highest BCUT2D eigenvalue weighted by Gasteiger charge is 2.30. The standard InChI is InChI=1S/C60H29N/c1-29-8-2-3-11-32(29)50-48-27-47-36-14-6-9-31-10-7-15-43(49(31)36)55(47)56-34-12-4-5-13-35(34)57(60(48)56)59-45-25-23-41-39-20-21-42-46-26-30(28-61)16-17-33(46)37-18-19-38(52(39)51(37)42)40-22-24-44(58(50)59)54(45)53(40)41/h2-27H,1H3. The van der Waals surface area contributed by atoms with Crippen LogP contribution in [0.3, 0.4) is 0 Å². The van der Waals surface area contributed by atoms with Crippen molar-refractivity contribution in [2.75, 3.05) is 0 Å². The van der Waals surface area contributed by atoms with Crippen LogP contribution < -0.4 is 0 Å². The fourth-order valence-electron chi connectivity index (χ4n) is 12.9. The van der Waals surface area contributed by atoms with Crippen LogP contribution >= 0.6 is 0 Å². The lowest BCUT2D eigenvalue weighted by Crippen LogP contribution is -1.88. The summed E-state index contributed by atoms with van der Waals surface area (Å²) in [5.74, 6) is 0. The van der Waals surface area contributed by atoms with Crippen LogP contribution in [0.2, 0.25) is 0 Å². The van der Waals surface area contributed by atoms with Gasteiger partial charge in [0.2, 0.25) is 0 Å². The summed E-state index contributed by atoms with van der Waals surface area (Å²) in [5.41, 5.74) is 9.49. The molecule has 0 amide bonds.